The van der Waals surface area contributed by atoms with Gasteiger partial charge in [-0.15, -0.1) is 0 Å². The lowest BCUT2D eigenvalue weighted by atomic mass is 9.97. The van der Waals surface area contributed by atoms with Gasteiger partial charge >= 0.3 is 12.1 Å². The number of alkyl carbamates (subject to hydrolysis) is 1. The largest absolute Gasteiger partial charge is 0.464 e. The molecule has 0 saturated carbocycles. The molecule has 1 amide bonds. The summed E-state index contributed by atoms with van der Waals surface area (Å²) in [6.07, 6.45) is -0.239. The van der Waals surface area contributed by atoms with Crippen molar-refractivity contribution in [2.75, 3.05) is 6.61 Å². The fourth-order valence-corrected chi connectivity index (χ4v) is 1.38. The molecule has 0 aromatic rings. The van der Waals surface area contributed by atoms with Gasteiger partial charge in [0, 0.05) is 5.92 Å². The van der Waals surface area contributed by atoms with Crippen LogP contribution in [-0.2, 0) is 19.1 Å². The van der Waals surface area contributed by atoms with Gasteiger partial charge in [-0.3, -0.25) is 4.79 Å². The summed E-state index contributed by atoms with van der Waals surface area (Å²) < 4.78 is 9.87. The Morgan fingerprint density at radius 2 is 1.70 bits per heavy atom. The van der Waals surface area contributed by atoms with Gasteiger partial charge in [0.05, 0.1) is 6.61 Å². The van der Waals surface area contributed by atoms with Gasteiger partial charge in [0.2, 0.25) is 0 Å². The molecule has 20 heavy (non-hydrogen) atoms. The number of hydrogen-bond acceptors (Lipinski definition) is 5. The molecule has 2 atom stereocenters. The maximum atomic E-state index is 12.1. The summed E-state index contributed by atoms with van der Waals surface area (Å²) in [6.45, 7) is 10.4. The third-order valence-corrected chi connectivity index (χ3v) is 2.57. The number of rotatable bonds is 6. The van der Waals surface area contributed by atoms with Gasteiger partial charge in [-0.2, -0.15) is 0 Å². The summed E-state index contributed by atoms with van der Waals surface area (Å²) in [7, 11) is 0. The number of ether oxygens (including phenoxy) is 2. The van der Waals surface area contributed by atoms with E-state index in [-0.39, 0.29) is 18.3 Å². The van der Waals surface area contributed by atoms with Crippen molar-refractivity contribution in [1.29, 1.82) is 0 Å². The van der Waals surface area contributed by atoms with Crippen LogP contribution in [0.15, 0.2) is 0 Å². The summed E-state index contributed by atoms with van der Waals surface area (Å²) in [5, 5.41) is 2.29. The zero-order chi connectivity index (χ0) is 15.9. The van der Waals surface area contributed by atoms with Gasteiger partial charge in [0.15, 0.2) is 11.8 Å². The van der Waals surface area contributed by atoms with Crippen molar-refractivity contribution in [2.24, 2.45) is 5.92 Å². The van der Waals surface area contributed by atoms with Gasteiger partial charge in [-0.1, -0.05) is 13.8 Å². The predicted octanol–water partition coefficient (Wildman–Crippen LogP) is 2.06. The molecule has 0 heterocycles. The highest BCUT2D eigenvalue weighted by molar-refractivity contribution is 6.06. The standard InChI is InChI=1S/C14H25NO5/c1-7-9(3)11(16)10(12(17)19-8-2)15-13(18)20-14(4,5)6/h9-10H,7-8H2,1-6H3,(H,15,18). The first-order chi connectivity index (χ1) is 9.12. The number of ketones is 1. The molecule has 0 aliphatic carbocycles. The van der Waals surface area contributed by atoms with Crippen LogP contribution in [0.4, 0.5) is 4.79 Å². The van der Waals surface area contributed by atoms with Gasteiger partial charge in [0.25, 0.3) is 0 Å². The quantitative estimate of drug-likeness (QED) is 0.597. The average Bonchev–Trinajstić information content (AvgIpc) is 2.32. The molecule has 0 aliphatic rings. The molecular formula is C14H25NO5. The Morgan fingerprint density at radius 1 is 1.15 bits per heavy atom. The van der Waals surface area contributed by atoms with E-state index in [9.17, 15) is 14.4 Å². The van der Waals surface area contributed by atoms with Crippen LogP contribution < -0.4 is 5.32 Å². The van der Waals surface area contributed by atoms with Crippen LogP contribution in [-0.4, -0.2) is 36.1 Å². The van der Waals surface area contributed by atoms with E-state index in [1.54, 1.807) is 34.6 Å². The minimum Gasteiger partial charge on any atom is -0.464 e. The van der Waals surface area contributed by atoms with Crippen molar-refractivity contribution in [3.05, 3.63) is 0 Å². The van der Waals surface area contributed by atoms with E-state index >= 15 is 0 Å². The highest BCUT2D eigenvalue weighted by atomic mass is 16.6. The molecule has 1 N–H and O–H groups in total. The van der Waals surface area contributed by atoms with Crippen LogP contribution in [0.1, 0.15) is 48.0 Å². The highest BCUT2D eigenvalue weighted by Gasteiger charge is 2.33. The number of hydrogen-bond donors (Lipinski definition) is 1. The topological polar surface area (TPSA) is 81.7 Å². The number of esters is 1. The molecule has 0 radical (unpaired) electrons. The Morgan fingerprint density at radius 3 is 2.10 bits per heavy atom. The number of carbonyl (C=O) groups is 3. The van der Waals surface area contributed by atoms with Crippen LogP contribution in [0.3, 0.4) is 0 Å². The van der Waals surface area contributed by atoms with Gasteiger partial charge in [0.1, 0.15) is 5.60 Å². The van der Waals surface area contributed by atoms with E-state index in [1.807, 2.05) is 6.92 Å². The second kappa shape index (κ2) is 7.87. The number of carbonyl (C=O) groups excluding carboxylic acids is 3. The van der Waals surface area contributed by atoms with E-state index in [0.717, 1.165) is 0 Å². The second-order valence-corrected chi connectivity index (χ2v) is 5.54. The molecule has 0 aromatic heterocycles. The zero-order valence-electron chi connectivity index (χ0n) is 13.1. The van der Waals surface area contributed by atoms with E-state index < -0.39 is 23.7 Å². The lowest BCUT2D eigenvalue weighted by Crippen LogP contribution is -2.50. The smallest absolute Gasteiger partial charge is 0.408 e. The SMILES string of the molecule is CCOC(=O)C(NC(=O)OC(C)(C)C)C(=O)C(C)CC. The normalized spacial score (nSPS) is 14.1. The number of Topliss-reactive ketones (excluding diaryl/α,β-unsaturated/α-hetero) is 1. The Hall–Kier alpha value is -1.59. The summed E-state index contributed by atoms with van der Waals surface area (Å²) in [4.78, 5) is 35.6. The van der Waals surface area contributed by atoms with Crippen molar-refractivity contribution in [3.63, 3.8) is 0 Å². The summed E-state index contributed by atoms with van der Waals surface area (Å²) in [6, 6.07) is -1.32. The molecule has 0 fully saturated rings. The van der Waals surface area contributed by atoms with E-state index in [0.29, 0.717) is 6.42 Å². The van der Waals surface area contributed by atoms with E-state index in [4.69, 9.17) is 9.47 Å². The zero-order valence-corrected chi connectivity index (χ0v) is 13.1. The molecule has 0 saturated heterocycles. The summed E-state index contributed by atoms with van der Waals surface area (Å²) >= 11 is 0. The third-order valence-electron chi connectivity index (χ3n) is 2.57. The fraction of sp³-hybridized carbons (Fsp3) is 0.786. The molecule has 2 unspecified atom stereocenters. The Kier molecular flexibility index (Phi) is 7.24. The first kappa shape index (κ1) is 18.4. The van der Waals surface area contributed by atoms with E-state index in [2.05, 4.69) is 5.32 Å². The van der Waals surface area contributed by atoms with Crippen molar-refractivity contribution < 1.29 is 23.9 Å². The van der Waals surface area contributed by atoms with Gasteiger partial charge in [-0.05, 0) is 34.1 Å². The van der Waals surface area contributed by atoms with Crippen LogP contribution in [0.5, 0.6) is 0 Å². The highest BCUT2D eigenvalue weighted by Crippen LogP contribution is 2.10. The molecule has 0 aromatic carbocycles. The van der Waals surface area contributed by atoms with Crippen molar-refractivity contribution in [1.82, 2.24) is 5.32 Å². The first-order valence-electron chi connectivity index (χ1n) is 6.82. The van der Waals surface area contributed by atoms with E-state index in [1.165, 1.54) is 0 Å². The van der Waals surface area contributed by atoms with Crippen molar-refractivity contribution >= 4 is 17.8 Å². The maximum absolute atomic E-state index is 12.1. The fourth-order valence-electron chi connectivity index (χ4n) is 1.38. The molecule has 0 aliphatic heterocycles. The minimum absolute atomic E-state index is 0.138. The molecular weight excluding hydrogens is 262 g/mol. The predicted molar refractivity (Wildman–Crippen MR) is 74.3 cm³/mol. The molecule has 116 valence electrons. The summed E-state index contributed by atoms with van der Waals surface area (Å²) in [5.41, 5.74) is -0.706. The number of nitrogens with one attached hydrogen (secondary N) is 1. The molecule has 0 spiro atoms. The van der Waals surface area contributed by atoms with Crippen LogP contribution in [0, 0.1) is 5.92 Å². The Balaban J connectivity index is 4.91. The van der Waals surface area contributed by atoms with Gasteiger partial charge < -0.3 is 14.8 Å². The van der Waals surface area contributed by atoms with Crippen molar-refractivity contribution in [2.45, 2.75) is 59.6 Å². The average molecular weight is 287 g/mol. The van der Waals surface area contributed by atoms with Crippen LogP contribution in [0.2, 0.25) is 0 Å². The second-order valence-electron chi connectivity index (χ2n) is 5.54. The van der Waals surface area contributed by atoms with Gasteiger partial charge in [-0.25, -0.2) is 9.59 Å². The third kappa shape index (κ3) is 6.54. The minimum atomic E-state index is -1.32. The molecule has 0 rings (SSSR count). The maximum Gasteiger partial charge on any atom is 0.408 e. The molecule has 0 bridgehead atoms. The van der Waals surface area contributed by atoms with Crippen LogP contribution >= 0.6 is 0 Å². The Bertz CT molecular complexity index is 359. The molecule has 6 nitrogen and oxygen atoms in total. The molecule has 6 heteroatoms. The lowest BCUT2D eigenvalue weighted by Gasteiger charge is -2.23. The van der Waals surface area contributed by atoms with Crippen molar-refractivity contribution in [3.8, 4) is 0 Å². The monoisotopic (exact) mass is 287 g/mol. The summed E-state index contributed by atoms with van der Waals surface area (Å²) in [5.74, 6) is -1.49. The number of amides is 1. The lowest BCUT2D eigenvalue weighted by molar-refractivity contribution is -0.149. The Labute approximate surface area is 120 Å². The first-order valence-corrected chi connectivity index (χ1v) is 6.82. The van der Waals surface area contributed by atoms with Crippen LogP contribution in [0.25, 0.3) is 0 Å².